The highest BCUT2D eigenvalue weighted by molar-refractivity contribution is 6.33. The molecule has 3 fully saturated rings. The SMILES string of the molecule is O=[N+]([O-])c1cnc(NC2CN3CCC2CC3)c(Cl)c1. The van der Waals surface area contributed by atoms with Gasteiger partial charge in [0.2, 0.25) is 0 Å². The molecule has 1 atom stereocenters. The number of piperidine rings is 3. The van der Waals surface area contributed by atoms with Crippen molar-refractivity contribution in [2.24, 2.45) is 5.92 Å². The molecule has 19 heavy (non-hydrogen) atoms. The maximum absolute atomic E-state index is 10.6. The molecule has 0 saturated carbocycles. The van der Waals surface area contributed by atoms with E-state index in [0.717, 1.165) is 6.54 Å². The number of anilines is 1. The van der Waals surface area contributed by atoms with Crippen molar-refractivity contribution >= 4 is 23.1 Å². The van der Waals surface area contributed by atoms with Gasteiger partial charge in [0.25, 0.3) is 5.69 Å². The lowest BCUT2D eigenvalue weighted by Gasteiger charge is -2.45. The second kappa shape index (κ2) is 4.94. The van der Waals surface area contributed by atoms with Gasteiger partial charge in [-0.05, 0) is 31.8 Å². The van der Waals surface area contributed by atoms with Crippen molar-refractivity contribution in [2.75, 3.05) is 25.0 Å². The molecule has 3 saturated heterocycles. The first-order valence-electron chi connectivity index (χ1n) is 6.42. The number of hydrogen-bond donors (Lipinski definition) is 1. The Hall–Kier alpha value is -1.40. The highest BCUT2D eigenvalue weighted by atomic mass is 35.5. The molecule has 6 nitrogen and oxygen atoms in total. The van der Waals surface area contributed by atoms with Crippen LogP contribution in [0, 0.1) is 16.0 Å². The van der Waals surface area contributed by atoms with E-state index in [-0.39, 0.29) is 5.69 Å². The number of rotatable bonds is 3. The Morgan fingerprint density at radius 3 is 2.74 bits per heavy atom. The third-order valence-corrected chi connectivity index (χ3v) is 4.30. The Morgan fingerprint density at radius 1 is 1.47 bits per heavy atom. The number of fused-ring (bicyclic) bond motifs is 3. The molecule has 0 radical (unpaired) electrons. The van der Waals surface area contributed by atoms with Crippen molar-refractivity contribution in [1.82, 2.24) is 9.88 Å². The van der Waals surface area contributed by atoms with Gasteiger partial charge < -0.3 is 10.2 Å². The fourth-order valence-corrected chi connectivity index (χ4v) is 3.15. The van der Waals surface area contributed by atoms with Crippen LogP contribution in [-0.2, 0) is 0 Å². The van der Waals surface area contributed by atoms with Crippen LogP contribution >= 0.6 is 11.6 Å². The minimum absolute atomic E-state index is 0.0792. The van der Waals surface area contributed by atoms with E-state index in [1.54, 1.807) is 0 Å². The molecule has 102 valence electrons. The number of nitrogens with one attached hydrogen (secondary N) is 1. The van der Waals surface area contributed by atoms with Crippen molar-refractivity contribution in [3.05, 3.63) is 27.4 Å². The number of aromatic nitrogens is 1. The monoisotopic (exact) mass is 282 g/mol. The maximum atomic E-state index is 10.6. The largest absolute Gasteiger partial charge is 0.365 e. The van der Waals surface area contributed by atoms with E-state index in [9.17, 15) is 10.1 Å². The molecule has 0 amide bonds. The number of nitro groups is 1. The number of hydrogen-bond acceptors (Lipinski definition) is 5. The summed E-state index contributed by atoms with van der Waals surface area (Å²) in [4.78, 5) is 16.7. The van der Waals surface area contributed by atoms with E-state index in [2.05, 4.69) is 15.2 Å². The zero-order valence-corrected chi connectivity index (χ0v) is 11.1. The standard InChI is InChI=1S/C12H15ClN4O2/c13-10-5-9(17(18)19)6-14-12(10)15-11-7-16-3-1-8(11)2-4-16/h5-6,8,11H,1-4,7H2,(H,14,15). The molecule has 1 aromatic rings. The molecule has 2 bridgehead atoms. The van der Waals surface area contributed by atoms with Gasteiger partial charge in [-0.1, -0.05) is 11.6 Å². The summed E-state index contributed by atoms with van der Waals surface area (Å²) in [6.07, 6.45) is 3.64. The fraction of sp³-hybridized carbons (Fsp3) is 0.583. The van der Waals surface area contributed by atoms with E-state index in [4.69, 9.17) is 11.6 Å². The summed E-state index contributed by atoms with van der Waals surface area (Å²) in [5.41, 5.74) is -0.0792. The zero-order chi connectivity index (χ0) is 13.4. The van der Waals surface area contributed by atoms with Gasteiger partial charge in [0.15, 0.2) is 0 Å². The topological polar surface area (TPSA) is 71.3 Å². The lowest BCUT2D eigenvalue weighted by Crippen LogP contribution is -2.53. The Morgan fingerprint density at radius 2 is 2.21 bits per heavy atom. The van der Waals surface area contributed by atoms with Crippen molar-refractivity contribution in [3.63, 3.8) is 0 Å². The predicted octanol–water partition coefficient (Wildman–Crippen LogP) is 2.15. The highest BCUT2D eigenvalue weighted by Gasteiger charge is 2.34. The van der Waals surface area contributed by atoms with Gasteiger partial charge in [-0.2, -0.15) is 0 Å². The number of pyridine rings is 1. The Labute approximate surface area is 115 Å². The van der Waals surface area contributed by atoms with Crippen LogP contribution in [0.25, 0.3) is 0 Å². The van der Waals surface area contributed by atoms with Gasteiger partial charge in [-0.3, -0.25) is 10.1 Å². The van der Waals surface area contributed by atoms with E-state index in [0.29, 0.717) is 22.8 Å². The summed E-state index contributed by atoms with van der Waals surface area (Å²) >= 11 is 6.05. The molecule has 0 aliphatic carbocycles. The first kappa shape index (κ1) is 12.6. The molecule has 4 heterocycles. The molecule has 7 heteroatoms. The fourth-order valence-electron chi connectivity index (χ4n) is 2.94. The van der Waals surface area contributed by atoms with E-state index in [1.807, 2.05) is 0 Å². The third-order valence-electron chi connectivity index (χ3n) is 4.02. The van der Waals surface area contributed by atoms with Gasteiger partial charge in [-0.25, -0.2) is 4.98 Å². The molecule has 1 aromatic heterocycles. The third kappa shape index (κ3) is 2.50. The Balaban J connectivity index is 1.75. The molecule has 3 aliphatic heterocycles. The quantitative estimate of drug-likeness (QED) is 0.679. The first-order chi connectivity index (χ1) is 9.13. The normalized spacial score (nSPS) is 29.2. The predicted molar refractivity (Wildman–Crippen MR) is 72.5 cm³/mol. The lowest BCUT2D eigenvalue weighted by atomic mass is 9.84. The van der Waals surface area contributed by atoms with Crippen LogP contribution in [-0.4, -0.2) is 40.5 Å². The lowest BCUT2D eigenvalue weighted by molar-refractivity contribution is -0.385. The molecule has 3 aliphatic rings. The second-order valence-electron chi connectivity index (χ2n) is 5.17. The summed E-state index contributed by atoms with van der Waals surface area (Å²) in [7, 11) is 0. The van der Waals surface area contributed by atoms with Crippen LogP contribution < -0.4 is 5.32 Å². The smallest absolute Gasteiger partial charge is 0.289 e. The van der Waals surface area contributed by atoms with Gasteiger partial charge in [0, 0.05) is 18.7 Å². The summed E-state index contributed by atoms with van der Waals surface area (Å²) < 4.78 is 0. The second-order valence-corrected chi connectivity index (χ2v) is 5.58. The summed E-state index contributed by atoms with van der Waals surface area (Å²) in [5, 5.41) is 14.3. The minimum atomic E-state index is -0.489. The van der Waals surface area contributed by atoms with Gasteiger partial charge >= 0.3 is 0 Å². The van der Waals surface area contributed by atoms with Crippen molar-refractivity contribution in [2.45, 2.75) is 18.9 Å². The minimum Gasteiger partial charge on any atom is -0.365 e. The summed E-state index contributed by atoms with van der Waals surface area (Å²) in [6.45, 7) is 3.34. The van der Waals surface area contributed by atoms with Gasteiger partial charge in [0.1, 0.15) is 12.0 Å². The average molecular weight is 283 g/mol. The highest BCUT2D eigenvalue weighted by Crippen LogP contribution is 2.31. The van der Waals surface area contributed by atoms with Crippen LogP contribution in [0.2, 0.25) is 5.02 Å². The zero-order valence-electron chi connectivity index (χ0n) is 10.4. The van der Waals surface area contributed by atoms with Crippen LogP contribution in [0.15, 0.2) is 12.3 Å². The maximum Gasteiger partial charge on any atom is 0.289 e. The summed E-state index contributed by atoms with van der Waals surface area (Å²) in [5.74, 6) is 1.20. The molecule has 0 spiro atoms. The number of halogens is 1. The molecular weight excluding hydrogens is 268 g/mol. The summed E-state index contributed by atoms with van der Waals surface area (Å²) in [6, 6.07) is 1.69. The van der Waals surface area contributed by atoms with Gasteiger partial charge in [-0.15, -0.1) is 0 Å². The van der Waals surface area contributed by atoms with E-state index < -0.39 is 4.92 Å². The van der Waals surface area contributed by atoms with Crippen molar-refractivity contribution < 1.29 is 4.92 Å². The molecule has 0 aromatic carbocycles. The van der Waals surface area contributed by atoms with Crippen molar-refractivity contribution in [1.29, 1.82) is 0 Å². The van der Waals surface area contributed by atoms with Crippen LogP contribution in [0.4, 0.5) is 11.5 Å². The average Bonchev–Trinajstić information content (AvgIpc) is 2.42. The first-order valence-corrected chi connectivity index (χ1v) is 6.80. The molecular formula is C12H15ClN4O2. The van der Waals surface area contributed by atoms with Crippen LogP contribution in [0.5, 0.6) is 0 Å². The van der Waals surface area contributed by atoms with Crippen molar-refractivity contribution in [3.8, 4) is 0 Å². The Bertz CT molecular complexity index is 503. The number of nitrogens with zero attached hydrogens (tertiary/aromatic N) is 3. The van der Waals surface area contributed by atoms with Gasteiger partial charge in [0.05, 0.1) is 9.95 Å². The Kier molecular flexibility index (Phi) is 3.28. The van der Waals surface area contributed by atoms with Crippen LogP contribution in [0.3, 0.4) is 0 Å². The van der Waals surface area contributed by atoms with E-state index in [1.165, 1.54) is 38.2 Å². The van der Waals surface area contributed by atoms with E-state index >= 15 is 0 Å². The van der Waals surface area contributed by atoms with Crippen LogP contribution in [0.1, 0.15) is 12.8 Å². The molecule has 1 N–H and O–H groups in total. The molecule has 1 unspecified atom stereocenters. The molecule has 4 rings (SSSR count).